The van der Waals surface area contributed by atoms with Crippen molar-refractivity contribution < 1.29 is 5.11 Å². The standard InChI is InChI=1S/C6H16N2O/c1-5(3-7)6(2,9)4-8/h5,9H,3-4,7-8H2,1-2H3. The van der Waals surface area contributed by atoms with Crippen LogP contribution in [0.25, 0.3) is 0 Å². The van der Waals surface area contributed by atoms with E-state index >= 15 is 0 Å². The van der Waals surface area contributed by atoms with Crippen LogP contribution in [0.2, 0.25) is 0 Å². The van der Waals surface area contributed by atoms with Gasteiger partial charge in [-0.25, -0.2) is 0 Å². The Labute approximate surface area is 56.0 Å². The van der Waals surface area contributed by atoms with Gasteiger partial charge in [-0.2, -0.15) is 0 Å². The number of rotatable bonds is 3. The predicted octanol–water partition coefficient (Wildman–Crippen LogP) is -0.709. The Hall–Kier alpha value is -0.120. The highest BCUT2D eigenvalue weighted by Crippen LogP contribution is 2.12. The molecule has 0 bridgehead atoms. The van der Waals surface area contributed by atoms with Gasteiger partial charge in [-0.3, -0.25) is 0 Å². The fourth-order valence-electron chi connectivity index (χ4n) is 0.455. The van der Waals surface area contributed by atoms with E-state index < -0.39 is 5.60 Å². The molecule has 0 spiro atoms. The third-order valence-electron chi connectivity index (χ3n) is 1.83. The van der Waals surface area contributed by atoms with Crippen molar-refractivity contribution in [3.05, 3.63) is 0 Å². The number of aliphatic hydroxyl groups is 1. The fourth-order valence-corrected chi connectivity index (χ4v) is 0.455. The minimum atomic E-state index is -0.797. The molecule has 2 atom stereocenters. The van der Waals surface area contributed by atoms with Gasteiger partial charge in [0.15, 0.2) is 0 Å². The highest BCUT2D eigenvalue weighted by molar-refractivity contribution is 4.79. The van der Waals surface area contributed by atoms with E-state index in [0.29, 0.717) is 6.54 Å². The van der Waals surface area contributed by atoms with Gasteiger partial charge < -0.3 is 16.6 Å². The van der Waals surface area contributed by atoms with E-state index in [2.05, 4.69) is 0 Å². The second-order valence-electron chi connectivity index (χ2n) is 2.70. The third-order valence-corrected chi connectivity index (χ3v) is 1.83. The second kappa shape index (κ2) is 3.15. The van der Waals surface area contributed by atoms with Crippen LogP contribution in [0.1, 0.15) is 13.8 Å². The molecule has 0 heterocycles. The summed E-state index contributed by atoms with van der Waals surface area (Å²) in [6.45, 7) is 4.33. The van der Waals surface area contributed by atoms with Crippen molar-refractivity contribution >= 4 is 0 Å². The van der Waals surface area contributed by atoms with Crippen LogP contribution in [-0.4, -0.2) is 23.8 Å². The Morgan fingerprint density at radius 2 is 2.00 bits per heavy atom. The number of nitrogens with two attached hydrogens (primary N) is 2. The lowest BCUT2D eigenvalue weighted by Gasteiger charge is -2.27. The maximum atomic E-state index is 9.39. The lowest BCUT2D eigenvalue weighted by molar-refractivity contribution is 0.0186. The van der Waals surface area contributed by atoms with Gasteiger partial charge in [0.2, 0.25) is 0 Å². The highest BCUT2D eigenvalue weighted by Gasteiger charge is 2.24. The topological polar surface area (TPSA) is 72.3 Å². The van der Waals surface area contributed by atoms with Crippen molar-refractivity contribution in [3.8, 4) is 0 Å². The molecule has 0 aromatic heterocycles. The Morgan fingerprint density at radius 3 is 2.11 bits per heavy atom. The van der Waals surface area contributed by atoms with Gasteiger partial charge in [0.1, 0.15) is 0 Å². The van der Waals surface area contributed by atoms with Crippen LogP contribution in [-0.2, 0) is 0 Å². The minimum absolute atomic E-state index is 0.0718. The van der Waals surface area contributed by atoms with Crippen LogP contribution >= 0.6 is 0 Å². The summed E-state index contributed by atoms with van der Waals surface area (Å²) < 4.78 is 0. The molecule has 0 aromatic carbocycles. The Bertz CT molecular complexity index is 83.1. The summed E-state index contributed by atoms with van der Waals surface area (Å²) in [5.41, 5.74) is 9.80. The van der Waals surface area contributed by atoms with Crippen molar-refractivity contribution in [3.63, 3.8) is 0 Å². The van der Waals surface area contributed by atoms with Crippen molar-refractivity contribution in [1.29, 1.82) is 0 Å². The Morgan fingerprint density at radius 1 is 1.56 bits per heavy atom. The van der Waals surface area contributed by atoms with Gasteiger partial charge in [-0.05, 0) is 19.4 Å². The van der Waals surface area contributed by atoms with E-state index in [0.717, 1.165) is 0 Å². The van der Waals surface area contributed by atoms with Crippen LogP contribution in [0.4, 0.5) is 0 Å². The summed E-state index contributed by atoms with van der Waals surface area (Å²) in [5, 5.41) is 9.39. The molecule has 0 saturated heterocycles. The Balaban J connectivity index is 3.80. The summed E-state index contributed by atoms with van der Waals surface area (Å²) in [6.07, 6.45) is 0. The molecule has 2 unspecified atom stereocenters. The van der Waals surface area contributed by atoms with E-state index in [9.17, 15) is 5.11 Å². The predicted molar refractivity (Wildman–Crippen MR) is 37.9 cm³/mol. The summed E-state index contributed by atoms with van der Waals surface area (Å²) in [6, 6.07) is 0. The van der Waals surface area contributed by atoms with Crippen LogP contribution in [0, 0.1) is 5.92 Å². The first-order valence-electron chi connectivity index (χ1n) is 3.17. The number of hydrogen-bond donors (Lipinski definition) is 3. The molecule has 0 rings (SSSR count). The molecular formula is C6H16N2O. The smallest absolute Gasteiger partial charge is 0.0778 e. The zero-order chi connectivity index (χ0) is 7.49. The third kappa shape index (κ3) is 2.30. The SMILES string of the molecule is CC(CN)C(C)(O)CN. The van der Waals surface area contributed by atoms with E-state index in [1.807, 2.05) is 6.92 Å². The molecule has 0 saturated carbocycles. The van der Waals surface area contributed by atoms with Gasteiger partial charge in [0.25, 0.3) is 0 Å². The first kappa shape index (κ1) is 8.88. The molecule has 9 heavy (non-hydrogen) atoms. The molecule has 5 N–H and O–H groups in total. The first-order chi connectivity index (χ1) is 4.04. The van der Waals surface area contributed by atoms with Crippen molar-refractivity contribution in [1.82, 2.24) is 0 Å². The maximum absolute atomic E-state index is 9.39. The molecule has 56 valence electrons. The van der Waals surface area contributed by atoms with E-state index in [1.54, 1.807) is 6.92 Å². The summed E-state index contributed by atoms with van der Waals surface area (Å²) in [7, 11) is 0. The zero-order valence-electron chi connectivity index (χ0n) is 6.09. The molecule has 0 aliphatic heterocycles. The van der Waals surface area contributed by atoms with Crippen LogP contribution < -0.4 is 11.5 Å². The number of hydrogen-bond acceptors (Lipinski definition) is 3. The van der Waals surface area contributed by atoms with E-state index in [1.165, 1.54) is 0 Å². The van der Waals surface area contributed by atoms with Crippen molar-refractivity contribution in [2.45, 2.75) is 19.4 Å². The van der Waals surface area contributed by atoms with Crippen LogP contribution in [0.3, 0.4) is 0 Å². The van der Waals surface area contributed by atoms with Crippen molar-refractivity contribution in [2.75, 3.05) is 13.1 Å². The van der Waals surface area contributed by atoms with Gasteiger partial charge in [-0.1, -0.05) is 6.92 Å². The van der Waals surface area contributed by atoms with E-state index in [4.69, 9.17) is 11.5 Å². The van der Waals surface area contributed by atoms with Crippen molar-refractivity contribution in [2.24, 2.45) is 17.4 Å². The monoisotopic (exact) mass is 132 g/mol. The normalized spacial score (nSPS) is 21.0. The van der Waals surface area contributed by atoms with Crippen LogP contribution in [0.5, 0.6) is 0 Å². The molecular weight excluding hydrogens is 116 g/mol. The molecule has 0 radical (unpaired) electrons. The summed E-state index contributed by atoms with van der Waals surface area (Å²) in [5.74, 6) is 0.0718. The average molecular weight is 132 g/mol. The lowest BCUT2D eigenvalue weighted by Crippen LogP contribution is -2.43. The van der Waals surface area contributed by atoms with Gasteiger partial charge in [-0.15, -0.1) is 0 Å². The molecule has 0 fully saturated rings. The first-order valence-corrected chi connectivity index (χ1v) is 3.17. The average Bonchev–Trinajstić information content (AvgIpc) is 1.86. The van der Waals surface area contributed by atoms with Gasteiger partial charge >= 0.3 is 0 Å². The van der Waals surface area contributed by atoms with E-state index in [-0.39, 0.29) is 12.5 Å². The molecule has 0 aliphatic carbocycles. The largest absolute Gasteiger partial charge is 0.389 e. The lowest BCUT2D eigenvalue weighted by atomic mass is 9.91. The summed E-state index contributed by atoms with van der Waals surface area (Å²) in [4.78, 5) is 0. The second-order valence-corrected chi connectivity index (χ2v) is 2.70. The molecule has 3 nitrogen and oxygen atoms in total. The maximum Gasteiger partial charge on any atom is 0.0778 e. The highest BCUT2D eigenvalue weighted by atomic mass is 16.3. The van der Waals surface area contributed by atoms with Gasteiger partial charge in [0, 0.05) is 6.54 Å². The summed E-state index contributed by atoms with van der Waals surface area (Å²) >= 11 is 0. The fraction of sp³-hybridized carbons (Fsp3) is 1.00. The Kier molecular flexibility index (Phi) is 3.11. The molecule has 3 heteroatoms. The molecule has 0 aromatic rings. The van der Waals surface area contributed by atoms with Gasteiger partial charge in [0.05, 0.1) is 5.60 Å². The minimum Gasteiger partial charge on any atom is -0.389 e. The van der Waals surface area contributed by atoms with Crippen LogP contribution in [0.15, 0.2) is 0 Å². The molecule has 0 aliphatic rings. The molecule has 0 amide bonds. The zero-order valence-corrected chi connectivity index (χ0v) is 6.09. The quantitative estimate of drug-likeness (QED) is 0.475.